The molecule has 1 aliphatic rings. The summed E-state index contributed by atoms with van der Waals surface area (Å²) in [5, 5.41) is 0. The van der Waals surface area contributed by atoms with Gasteiger partial charge in [-0.2, -0.15) is 0 Å². The van der Waals surface area contributed by atoms with Gasteiger partial charge in [-0.05, 0) is 37.9 Å². The third-order valence-electron chi connectivity index (χ3n) is 3.69. The number of hydrogen-bond donors (Lipinski definition) is 0. The number of rotatable bonds is 5. The Morgan fingerprint density at radius 3 is 3.00 bits per heavy atom. The van der Waals surface area contributed by atoms with Gasteiger partial charge < -0.3 is 13.9 Å². The average molecular weight is 267 g/mol. The first-order valence-electron chi connectivity index (χ1n) is 6.56. The Hall–Kier alpha value is -1.33. The maximum Gasteiger partial charge on any atom is 0.373 e. The summed E-state index contributed by atoms with van der Waals surface area (Å²) in [6, 6.07) is 3.68. The highest BCUT2D eigenvalue weighted by atomic mass is 16.5. The van der Waals surface area contributed by atoms with E-state index < -0.39 is 5.97 Å². The normalized spacial score (nSPS) is 21.5. The summed E-state index contributed by atoms with van der Waals surface area (Å²) >= 11 is 0. The van der Waals surface area contributed by atoms with Crippen molar-refractivity contribution in [3.63, 3.8) is 0 Å². The Balaban J connectivity index is 1.98. The molecule has 0 radical (unpaired) electrons. The van der Waals surface area contributed by atoms with Crippen LogP contribution in [0.25, 0.3) is 0 Å². The number of nitrogens with zero attached hydrogens (tertiary/aromatic N) is 1. The molecule has 1 fully saturated rings. The van der Waals surface area contributed by atoms with E-state index in [1.165, 1.54) is 7.11 Å². The summed E-state index contributed by atoms with van der Waals surface area (Å²) in [5.41, 5.74) is 0. The van der Waals surface area contributed by atoms with Gasteiger partial charge in [-0.3, -0.25) is 4.90 Å². The van der Waals surface area contributed by atoms with Gasteiger partial charge in [-0.15, -0.1) is 0 Å². The van der Waals surface area contributed by atoms with Gasteiger partial charge in [-0.1, -0.05) is 0 Å². The van der Waals surface area contributed by atoms with Crippen molar-refractivity contribution in [2.45, 2.75) is 19.4 Å². The second kappa shape index (κ2) is 6.21. The Labute approximate surface area is 113 Å². The molecule has 1 aromatic rings. The van der Waals surface area contributed by atoms with Gasteiger partial charge in [0.15, 0.2) is 0 Å². The molecule has 0 amide bonds. The summed E-state index contributed by atoms with van der Waals surface area (Å²) in [7, 11) is 3.09. The van der Waals surface area contributed by atoms with Crippen LogP contribution >= 0.6 is 0 Å². The standard InChI is InChI=1S/C14H21NO4/c1-10(15-7-6-11(8-15)9-17-2)12-4-5-13(19-12)14(16)18-3/h4-5,10-11H,6-9H2,1-3H3. The molecule has 1 saturated heterocycles. The fourth-order valence-electron chi connectivity index (χ4n) is 2.55. The number of carbonyl (C=O) groups is 1. The lowest BCUT2D eigenvalue weighted by molar-refractivity contribution is 0.0559. The number of methoxy groups -OCH3 is 2. The van der Waals surface area contributed by atoms with Crippen LogP contribution in [0.4, 0.5) is 0 Å². The molecule has 106 valence electrons. The number of hydrogen-bond acceptors (Lipinski definition) is 5. The lowest BCUT2D eigenvalue weighted by Crippen LogP contribution is -2.25. The minimum absolute atomic E-state index is 0.167. The van der Waals surface area contributed by atoms with E-state index in [1.807, 2.05) is 6.07 Å². The van der Waals surface area contributed by atoms with Crippen LogP contribution in [-0.2, 0) is 9.47 Å². The van der Waals surface area contributed by atoms with E-state index in [1.54, 1.807) is 13.2 Å². The van der Waals surface area contributed by atoms with Crippen molar-refractivity contribution < 1.29 is 18.7 Å². The van der Waals surface area contributed by atoms with Gasteiger partial charge in [-0.25, -0.2) is 4.79 Å². The first-order valence-corrected chi connectivity index (χ1v) is 6.56. The van der Waals surface area contributed by atoms with Crippen molar-refractivity contribution in [1.82, 2.24) is 4.90 Å². The second-order valence-corrected chi connectivity index (χ2v) is 4.97. The molecule has 0 spiro atoms. The van der Waals surface area contributed by atoms with Crippen LogP contribution in [0.1, 0.15) is 35.7 Å². The van der Waals surface area contributed by atoms with E-state index >= 15 is 0 Å². The zero-order valence-corrected chi connectivity index (χ0v) is 11.7. The van der Waals surface area contributed by atoms with E-state index in [0.29, 0.717) is 5.92 Å². The predicted octanol–water partition coefficient (Wildman–Crippen LogP) is 2.10. The third-order valence-corrected chi connectivity index (χ3v) is 3.69. The third kappa shape index (κ3) is 3.16. The molecule has 2 unspecified atom stereocenters. The molecule has 5 heteroatoms. The average Bonchev–Trinajstić information content (AvgIpc) is 3.06. The van der Waals surface area contributed by atoms with Crippen LogP contribution in [0.3, 0.4) is 0 Å². The molecule has 1 aliphatic heterocycles. The number of esters is 1. The predicted molar refractivity (Wildman–Crippen MR) is 70.0 cm³/mol. The van der Waals surface area contributed by atoms with Crippen molar-refractivity contribution in [3.8, 4) is 0 Å². The summed E-state index contributed by atoms with van der Waals surface area (Å²) in [5.74, 6) is 1.22. The minimum atomic E-state index is -0.433. The fourth-order valence-corrected chi connectivity index (χ4v) is 2.55. The number of likely N-dealkylation sites (tertiary alicyclic amines) is 1. The van der Waals surface area contributed by atoms with Gasteiger partial charge in [0.2, 0.25) is 5.76 Å². The van der Waals surface area contributed by atoms with E-state index in [9.17, 15) is 4.79 Å². The van der Waals surface area contributed by atoms with Crippen molar-refractivity contribution in [2.75, 3.05) is 33.9 Å². The summed E-state index contributed by atoms with van der Waals surface area (Å²) in [6.07, 6.45) is 1.14. The SMILES string of the molecule is COCC1CCN(C(C)c2ccc(C(=O)OC)o2)C1. The Morgan fingerprint density at radius 1 is 1.53 bits per heavy atom. The zero-order chi connectivity index (χ0) is 13.8. The monoisotopic (exact) mass is 267 g/mol. The van der Waals surface area contributed by atoms with Gasteiger partial charge in [0, 0.05) is 13.7 Å². The molecule has 0 N–H and O–H groups in total. The molecule has 0 aromatic carbocycles. The Kier molecular flexibility index (Phi) is 4.61. The van der Waals surface area contributed by atoms with Crippen molar-refractivity contribution >= 4 is 5.97 Å². The molecule has 1 aromatic heterocycles. The molecule has 0 saturated carbocycles. The second-order valence-electron chi connectivity index (χ2n) is 4.97. The van der Waals surface area contributed by atoms with Gasteiger partial charge >= 0.3 is 5.97 Å². The maximum atomic E-state index is 11.4. The maximum absolute atomic E-state index is 11.4. The summed E-state index contributed by atoms with van der Waals surface area (Å²) < 4.78 is 15.4. The molecular formula is C14H21NO4. The highest BCUT2D eigenvalue weighted by Crippen LogP contribution is 2.28. The van der Waals surface area contributed by atoms with Crippen molar-refractivity contribution in [2.24, 2.45) is 5.92 Å². The first kappa shape index (κ1) is 14.1. The minimum Gasteiger partial charge on any atom is -0.463 e. The molecule has 0 bridgehead atoms. The molecule has 5 nitrogen and oxygen atoms in total. The Morgan fingerprint density at radius 2 is 2.32 bits per heavy atom. The molecule has 19 heavy (non-hydrogen) atoms. The molecule has 2 heterocycles. The Bertz CT molecular complexity index is 429. The van der Waals surface area contributed by atoms with Gasteiger partial charge in [0.25, 0.3) is 0 Å². The molecule has 2 atom stereocenters. The molecule has 0 aliphatic carbocycles. The fraction of sp³-hybridized carbons (Fsp3) is 0.643. The lowest BCUT2D eigenvalue weighted by atomic mass is 10.1. The quantitative estimate of drug-likeness (QED) is 0.765. The summed E-state index contributed by atoms with van der Waals surface area (Å²) in [6.45, 7) is 4.93. The first-order chi connectivity index (χ1) is 9.15. The lowest BCUT2D eigenvalue weighted by Gasteiger charge is -2.22. The van der Waals surface area contributed by atoms with E-state index in [0.717, 1.165) is 31.9 Å². The van der Waals surface area contributed by atoms with Crippen LogP contribution in [0.15, 0.2) is 16.5 Å². The van der Waals surface area contributed by atoms with Crippen LogP contribution < -0.4 is 0 Å². The van der Waals surface area contributed by atoms with Crippen molar-refractivity contribution in [3.05, 3.63) is 23.7 Å². The highest BCUT2D eigenvalue weighted by molar-refractivity contribution is 5.86. The number of carbonyl (C=O) groups excluding carboxylic acids is 1. The van der Waals surface area contributed by atoms with Crippen LogP contribution in [-0.4, -0.2) is 44.8 Å². The number of ether oxygens (including phenoxy) is 2. The zero-order valence-electron chi connectivity index (χ0n) is 11.7. The van der Waals surface area contributed by atoms with Crippen molar-refractivity contribution in [1.29, 1.82) is 0 Å². The van der Waals surface area contributed by atoms with Crippen LogP contribution in [0.5, 0.6) is 0 Å². The van der Waals surface area contributed by atoms with E-state index in [-0.39, 0.29) is 11.8 Å². The summed E-state index contributed by atoms with van der Waals surface area (Å²) in [4.78, 5) is 13.7. The largest absolute Gasteiger partial charge is 0.463 e. The molecular weight excluding hydrogens is 246 g/mol. The number of furan rings is 1. The molecule has 2 rings (SSSR count). The van der Waals surface area contributed by atoms with E-state index in [2.05, 4.69) is 16.6 Å². The van der Waals surface area contributed by atoms with Crippen LogP contribution in [0.2, 0.25) is 0 Å². The van der Waals surface area contributed by atoms with Gasteiger partial charge in [0.05, 0.1) is 19.8 Å². The van der Waals surface area contributed by atoms with E-state index in [4.69, 9.17) is 9.15 Å². The smallest absolute Gasteiger partial charge is 0.373 e. The highest BCUT2D eigenvalue weighted by Gasteiger charge is 2.28. The van der Waals surface area contributed by atoms with Gasteiger partial charge in [0.1, 0.15) is 5.76 Å². The topological polar surface area (TPSA) is 51.9 Å². The van der Waals surface area contributed by atoms with Crippen LogP contribution in [0, 0.1) is 5.92 Å².